The largest absolute Gasteiger partial charge is 0.493 e. The number of aromatic carboxylic acids is 1. The van der Waals surface area contributed by atoms with E-state index < -0.39 is 11.9 Å². The van der Waals surface area contributed by atoms with Crippen molar-refractivity contribution < 1.29 is 29.0 Å². The number of rotatable bonds is 9. The Morgan fingerprint density at radius 2 is 1.87 bits per heavy atom. The molecule has 2 N–H and O–H groups in total. The topological polar surface area (TPSA) is 118 Å². The van der Waals surface area contributed by atoms with E-state index in [1.54, 1.807) is 37.3 Å². The van der Waals surface area contributed by atoms with Crippen molar-refractivity contribution in [3.8, 4) is 11.5 Å². The van der Waals surface area contributed by atoms with Crippen LogP contribution in [-0.2, 0) is 16.1 Å². The van der Waals surface area contributed by atoms with Crippen LogP contribution in [0.3, 0.4) is 0 Å². The van der Waals surface area contributed by atoms with Crippen molar-refractivity contribution in [3.05, 3.63) is 93.5 Å². The summed E-state index contributed by atoms with van der Waals surface area (Å²) in [7, 11) is 1.48. The highest BCUT2D eigenvalue weighted by atomic mass is 79.9. The molecular weight excluding hydrogens is 554 g/mol. The van der Waals surface area contributed by atoms with Crippen LogP contribution < -0.4 is 19.8 Å². The van der Waals surface area contributed by atoms with Gasteiger partial charge in [-0.3, -0.25) is 9.59 Å². The molecule has 1 aliphatic rings. The second-order valence-electron chi connectivity index (χ2n) is 8.30. The van der Waals surface area contributed by atoms with Crippen LogP contribution >= 0.6 is 15.9 Å². The van der Waals surface area contributed by atoms with E-state index in [0.29, 0.717) is 45.1 Å². The molecule has 0 unspecified atom stereocenters. The highest BCUT2D eigenvalue weighted by Crippen LogP contribution is 2.38. The van der Waals surface area contributed by atoms with Gasteiger partial charge in [-0.15, -0.1) is 0 Å². The molecule has 0 saturated carbocycles. The number of carboxylic acids is 1. The SMILES string of the molecule is COc1cc(C=C2C(=O)N(c3cccc(C(=O)O)c3)N=C2C)cc(Br)c1OCC(=O)NCc1ccccc1. The van der Waals surface area contributed by atoms with Crippen LogP contribution in [0.2, 0.25) is 0 Å². The molecule has 9 nitrogen and oxygen atoms in total. The zero-order valence-corrected chi connectivity index (χ0v) is 22.2. The maximum Gasteiger partial charge on any atom is 0.335 e. The number of carboxylic acid groups (broad SMARTS) is 1. The van der Waals surface area contributed by atoms with Gasteiger partial charge in [-0.1, -0.05) is 36.4 Å². The number of hydrazone groups is 1. The van der Waals surface area contributed by atoms with Crippen molar-refractivity contribution in [2.45, 2.75) is 13.5 Å². The van der Waals surface area contributed by atoms with Gasteiger partial charge in [0.15, 0.2) is 18.1 Å². The maximum absolute atomic E-state index is 13.1. The predicted molar refractivity (Wildman–Crippen MR) is 146 cm³/mol. The monoisotopic (exact) mass is 577 g/mol. The number of carbonyl (C=O) groups excluding carboxylic acids is 2. The Balaban J connectivity index is 1.49. The third-order valence-electron chi connectivity index (χ3n) is 5.64. The molecule has 10 heteroatoms. The van der Waals surface area contributed by atoms with Crippen molar-refractivity contribution in [1.29, 1.82) is 0 Å². The molecule has 1 heterocycles. The lowest BCUT2D eigenvalue weighted by Crippen LogP contribution is -2.28. The van der Waals surface area contributed by atoms with Gasteiger partial charge in [-0.05, 0) is 70.4 Å². The van der Waals surface area contributed by atoms with Gasteiger partial charge >= 0.3 is 5.97 Å². The number of hydrogen-bond donors (Lipinski definition) is 2. The zero-order valence-electron chi connectivity index (χ0n) is 20.6. The number of halogens is 1. The van der Waals surface area contributed by atoms with Gasteiger partial charge in [0, 0.05) is 6.54 Å². The first-order chi connectivity index (χ1) is 18.3. The lowest BCUT2D eigenvalue weighted by molar-refractivity contribution is -0.123. The van der Waals surface area contributed by atoms with E-state index in [9.17, 15) is 19.5 Å². The van der Waals surface area contributed by atoms with E-state index in [1.807, 2.05) is 30.3 Å². The van der Waals surface area contributed by atoms with E-state index in [-0.39, 0.29) is 18.1 Å². The number of benzene rings is 3. The molecule has 3 aromatic rings. The molecule has 0 atom stereocenters. The third-order valence-corrected chi connectivity index (χ3v) is 6.23. The normalized spacial score (nSPS) is 13.9. The van der Waals surface area contributed by atoms with Crippen LogP contribution in [0.4, 0.5) is 5.69 Å². The van der Waals surface area contributed by atoms with Crippen LogP contribution in [0.5, 0.6) is 11.5 Å². The Morgan fingerprint density at radius 1 is 1.11 bits per heavy atom. The summed E-state index contributed by atoms with van der Waals surface area (Å²) in [4.78, 5) is 36.7. The third kappa shape index (κ3) is 6.09. The number of hydrogen-bond acceptors (Lipinski definition) is 6. The molecule has 0 bridgehead atoms. The smallest absolute Gasteiger partial charge is 0.335 e. The van der Waals surface area contributed by atoms with Crippen molar-refractivity contribution in [1.82, 2.24) is 5.32 Å². The second-order valence-corrected chi connectivity index (χ2v) is 9.16. The fourth-order valence-electron chi connectivity index (χ4n) is 3.75. The summed E-state index contributed by atoms with van der Waals surface area (Å²) in [6.45, 7) is 1.87. The molecule has 0 spiro atoms. The van der Waals surface area contributed by atoms with E-state index in [1.165, 1.54) is 24.3 Å². The van der Waals surface area contributed by atoms with Crippen molar-refractivity contribution in [2.75, 3.05) is 18.7 Å². The highest BCUT2D eigenvalue weighted by Gasteiger charge is 2.29. The van der Waals surface area contributed by atoms with Gasteiger partial charge in [0.25, 0.3) is 11.8 Å². The van der Waals surface area contributed by atoms with Gasteiger partial charge in [0.1, 0.15) is 0 Å². The van der Waals surface area contributed by atoms with Gasteiger partial charge in [0.05, 0.1) is 34.1 Å². The molecule has 4 rings (SSSR count). The van der Waals surface area contributed by atoms with Crippen molar-refractivity contribution in [2.24, 2.45) is 5.10 Å². The van der Waals surface area contributed by atoms with Gasteiger partial charge in [-0.25, -0.2) is 4.79 Å². The van der Waals surface area contributed by atoms with Crippen LogP contribution in [-0.4, -0.2) is 42.3 Å². The molecule has 194 valence electrons. The van der Waals surface area contributed by atoms with E-state index in [2.05, 4.69) is 26.3 Å². The highest BCUT2D eigenvalue weighted by molar-refractivity contribution is 9.10. The zero-order chi connectivity index (χ0) is 27.2. The molecule has 2 amide bonds. The fourth-order valence-corrected chi connectivity index (χ4v) is 4.32. The molecular formula is C28H24BrN3O6. The summed E-state index contributed by atoms with van der Waals surface area (Å²) in [5.74, 6) is -1.06. The standard InChI is InChI=1S/C28H24BrN3O6/c1-17-22(27(34)32(31-17)21-10-6-9-20(14-21)28(35)36)11-19-12-23(29)26(24(13-19)37-2)38-16-25(33)30-15-18-7-4-3-5-8-18/h3-14H,15-16H2,1-2H3,(H,30,33)(H,35,36). The van der Waals surface area contributed by atoms with E-state index >= 15 is 0 Å². The first kappa shape index (κ1) is 26.6. The second kappa shape index (κ2) is 11.7. The van der Waals surface area contributed by atoms with Crippen molar-refractivity contribution >= 4 is 51.2 Å². The molecule has 0 radical (unpaired) electrons. The van der Waals surface area contributed by atoms with Crippen molar-refractivity contribution in [3.63, 3.8) is 0 Å². The Bertz CT molecular complexity index is 1450. The number of carbonyl (C=O) groups is 3. The molecule has 3 aromatic carbocycles. The van der Waals surface area contributed by atoms with Crippen LogP contribution in [0.25, 0.3) is 6.08 Å². The summed E-state index contributed by atoms with van der Waals surface area (Å²) < 4.78 is 11.7. The number of nitrogens with zero attached hydrogens (tertiary/aromatic N) is 2. The molecule has 38 heavy (non-hydrogen) atoms. The van der Waals surface area contributed by atoms with Crippen LogP contribution in [0, 0.1) is 0 Å². The van der Waals surface area contributed by atoms with Crippen LogP contribution in [0.15, 0.2) is 81.9 Å². The molecule has 1 aliphatic heterocycles. The first-order valence-electron chi connectivity index (χ1n) is 11.5. The predicted octanol–water partition coefficient (Wildman–Crippen LogP) is 4.66. The number of ether oxygens (including phenoxy) is 2. The lowest BCUT2D eigenvalue weighted by atomic mass is 10.1. The fraction of sp³-hybridized carbons (Fsp3) is 0.143. The lowest BCUT2D eigenvalue weighted by Gasteiger charge is -2.14. The summed E-state index contributed by atoms with van der Waals surface area (Å²) >= 11 is 3.47. The molecule has 0 fully saturated rings. The quantitative estimate of drug-likeness (QED) is 0.357. The first-order valence-corrected chi connectivity index (χ1v) is 12.3. The minimum Gasteiger partial charge on any atom is -0.493 e. The Morgan fingerprint density at radius 3 is 2.58 bits per heavy atom. The van der Waals surface area contributed by atoms with Gasteiger partial charge < -0.3 is 19.9 Å². The maximum atomic E-state index is 13.1. The number of nitrogens with one attached hydrogen (secondary N) is 1. The molecule has 0 aliphatic carbocycles. The summed E-state index contributed by atoms with van der Waals surface area (Å²) in [5.41, 5.74) is 2.83. The molecule has 0 saturated heterocycles. The van der Waals surface area contributed by atoms with Gasteiger partial charge in [0.2, 0.25) is 0 Å². The van der Waals surface area contributed by atoms with Crippen LogP contribution in [0.1, 0.15) is 28.4 Å². The Labute approximate surface area is 227 Å². The average Bonchev–Trinajstić information content (AvgIpc) is 3.20. The minimum atomic E-state index is -1.09. The van der Waals surface area contributed by atoms with E-state index in [4.69, 9.17) is 9.47 Å². The summed E-state index contributed by atoms with van der Waals surface area (Å²) in [5, 5.41) is 17.6. The Hall–Kier alpha value is -4.44. The summed E-state index contributed by atoms with van der Waals surface area (Å²) in [6.07, 6.45) is 1.66. The minimum absolute atomic E-state index is 0.0542. The number of anilines is 1. The Kier molecular flexibility index (Phi) is 8.22. The summed E-state index contributed by atoms with van der Waals surface area (Å²) in [6, 6.07) is 19.0. The van der Waals surface area contributed by atoms with E-state index in [0.717, 1.165) is 5.56 Å². The average molecular weight is 578 g/mol. The number of methoxy groups -OCH3 is 1. The van der Waals surface area contributed by atoms with Gasteiger partial charge in [-0.2, -0.15) is 10.1 Å². The molecule has 0 aromatic heterocycles. The number of amides is 2.